The van der Waals surface area contributed by atoms with Gasteiger partial charge in [-0.15, -0.1) is 0 Å². The van der Waals surface area contributed by atoms with E-state index in [9.17, 15) is 39.8 Å². The molecule has 0 unspecified atom stereocenters. The number of carboxylic acids is 2. The van der Waals surface area contributed by atoms with Crippen LogP contribution >= 0.6 is 0 Å². The van der Waals surface area contributed by atoms with Crippen molar-refractivity contribution >= 4 is 23.4 Å². The summed E-state index contributed by atoms with van der Waals surface area (Å²) in [4.78, 5) is 46.5. The van der Waals surface area contributed by atoms with Crippen LogP contribution in [0.3, 0.4) is 0 Å². The summed E-state index contributed by atoms with van der Waals surface area (Å²) >= 11 is 0. The van der Waals surface area contributed by atoms with Crippen LogP contribution in [0.1, 0.15) is 20.7 Å². The van der Waals surface area contributed by atoms with Crippen LogP contribution in [-0.4, -0.2) is 37.2 Å². The first-order chi connectivity index (χ1) is 11.2. The summed E-state index contributed by atoms with van der Waals surface area (Å²) in [6.07, 6.45) is 0. The van der Waals surface area contributed by atoms with Crippen molar-refractivity contribution in [1.82, 2.24) is 4.98 Å². The molecule has 1 heterocycles. The van der Waals surface area contributed by atoms with Gasteiger partial charge in [0.2, 0.25) is 5.75 Å². The van der Waals surface area contributed by atoms with Gasteiger partial charge in [-0.1, -0.05) is 12.1 Å². The number of rotatable bonds is 4. The van der Waals surface area contributed by atoms with Crippen molar-refractivity contribution in [2.24, 2.45) is 0 Å². The molecule has 124 valence electrons. The molecule has 6 N–H and O–H groups in total. The molecular weight excluding hydrogens is 326 g/mol. The fourth-order valence-electron chi connectivity index (χ4n) is 2.20. The molecule has 0 saturated carbocycles. The number of carbonyl (C=O) groups is 2. The molecule has 0 radical (unpaired) electrons. The number of aromatic nitrogens is 1. The largest absolute Gasteiger partial charge is 0.502 e. The number of pyridine rings is 1. The standard InChI is InChI=1S/C13H9N3O8/c14-10-7(12(19)20)6(8(13(21)22)11(18)15-10)4-2-1-3-5(9(4)17)16(23)24/h1-3,17H,(H,19,20)(H,21,22)(H3,14,15,18). The number of aromatic amines is 1. The van der Waals surface area contributed by atoms with E-state index in [4.69, 9.17) is 5.73 Å². The molecule has 24 heavy (non-hydrogen) atoms. The number of nitro benzene ring substituents is 1. The third-order valence-electron chi connectivity index (χ3n) is 3.15. The number of H-pyrrole nitrogens is 1. The van der Waals surface area contributed by atoms with Gasteiger partial charge in [0.25, 0.3) is 5.56 Å². The van der Waals surface area contributed by atoms with Crippen LogP contribution in [-0.2, 0) is 0 Å². The number of phenols is 1. The van der Waals surface area contributed by atoms with Crippen LogP contribution < -0.4 is 11.3 Å². The first-order valence-corrected chi connectivity index (χ1v) is 6.15. The van der Waals surface area contributed by atoms with Crippen LogP contribution in [0.2, 0.25) is 0 Å². The monoisotopic (exact) mass is 335 g/mol. The normalized spacial score (nSPS) is 10.3. The summed E-state index contributed by atoms with van der Waals surface area (Å²) in [7, 11) is 0. The van der Waals surface area contributed by atoms with E-state index < -0.39 is 61.9 Å². The Morgan fingerprint density at radius 1 is 1.17 bits per heavy atom. The summed E-state index contributed by atoms with van der Waals surface area (Å²) in [5.74, 6) is -5.12. The van der Waals surface area contributed by atoms with Crippen molar-refractivity contribution < 1.29 is 29.8 Å². The minimum absolute atomic E-state index is 0.517. The van der Waals surface area contributed by atoms with Crippen molar-refractivity contribution in [3.05, 3.63) is 49.8 Å². The second kappa shape index (κ2) is 5.72. The lowest BCUT2D eigenvalue weighted by molar-refractivity contribution is -0.385. The molecule has 0 aliphatic carbocycles. The summed E-state index contributed by atoms with van der Waals surface area (Å²) in [5, 5.41) is 39.4. The number of phenolic OH excluding ortho intramolecular Hbond substituents is 1. The Morgan fingerprint density at radius 2 is 1.75 bits per heavy atom. The van der Waals surface area contributed by atoms with E-state index in [0.29, 0.717) is 0 Å². The molecular formula is C13H9N3O8. The third kappa shape index (κ3) is 2.49. The quantitative estimate of drug-likeness (QED) is 0.393. The Labute approximate surface area is 131 Å². The average molecular weight is 335 g/mol. The van der Waals surface area contributed by atoms with Gasteiger partial charge in [-0.3, -0.25) is 14.9 Å². The zero-order chi connectivity index (χ0) is 18.2. The highest BCUT2D eigenvalue weighted by Crippen LogP contribution is 2.40. The van der Waals surface area contributed by atoms with Crippen molar-refractivity contribution in [1.29, 1.82) is 0 Å². The number of para-hydroxylation sites is 1. The van der Waals surface area contributed by atoms with E-state index in [2.05, 4.69) is 0 Å². The Bertz CT molecular complexity index is 947. The highest BCUT2D eigenvalue weighted by molar-refractivity contribution is 6.08. The zero-order valence-electron chi connectivity index (χ0n) is 11.6. The van der Waals surface area contributed by atoms with Crippen molar-refractivity contribution in [2.45, 2.75) is 0 Å². The van der Waals surface area contributed by atoms with E-state index in [1.165, 1.54) is 0 Å². The van der Waals surface area contributed by atoms with Gasteiger partial charge in [0, 0.05) is 17.2 Å². The highest BCUT2D eigenvalue weighted by Gasteiger charge is 2.30. The Kier molecular flexibility index (Phi) is 3.93. The van der Waals surface area contributed by atoms with Gasteiger partial charge in [-0.05, 0) is 0 Å². The summed E-state index contributed by atoms with van der Waals surface area (Å²) in [6.45, 7) is 0. The highest BCUT2D eigenvalue weighted by atomic mass is 16.6. The topological polar surface area (TPSA) is 197 Å². The molecule has 0 aliphatic heterocycles. The zero-order valence-corrected chi connectivity index (χ0v) is 11.6. The number of hydrogen-bond donors (Lipinski definition) is 5. The lowest BCUT2D eigenvalue weighted by atomic mass is 9.94. The second-order valence-electron chi connectivity index (χ2n) is 4.53. The molecule has 1 aromatic heterocycles. The number of hydrogen-bond acceptors (Lipinski definition) is 7. The number of nitro groups is 1. The number of nitrogens with two attached hydrogens (primary N) is 1. The lowest BCUT2D eigenvalue weighted by Crippen LogP contribution is -2.24. The molecule has 2 rings (SSSR count). The predicted octanol–water partition coefficient (Wildman–Crippen LogP) is 0.634. The van der Waals surface area contributed by atoms with Gasteiger partial charge < -0.3 is 26.0 Å². The van der Waals surface area contributed by atoms with Crippen LogP contribution in [0, 0.1) is 10.1 Å². The minimum atomic E-state index is -1.79. The van der Waals surface area contributed by atoms with Crippen LogP contribution in [0.25, 0.3) is 11.1 Å². The fraction of sp³-hybridized carbons (Fsp3) is 0. The van der Waals surface area contributed by atoms with Gasteiger partial charge in [0.1, 0.15) is 16.9 Å². The van der Waals surface area contributed by atoms with Gasteiger partial charge in [-0.2, -0.15) is 0 Å². The second-order valence-corrected chi connectivity index (χ2v) is 4.53. The molecule has 0 spiro atoms. The molecule has 11 heteroatoms. The first kappa shape index (κ1) is 16.5. The Hall–Kier alpha value is -3.89. The number of benzene rings is 1. The summed E-state index contributed by atoms with van der Waals surface area (Å²) in [5.41, 5.74) is 0.363. The van der Waals surface area contributed by atoms with Crippen LogP contribution in [0.4, 0.5) is 11.5 Å². The first-order valence-electron chi connectivity index (χ1n) is 6.15. The number of aromatic carboxylic acids is 2. The molecule has 0 bridgehead atoms. The molecule has 11 nitrogen and oxygen atoms in total. The number of nitrogens with zero attached hydrogens (tertiary/aromatic N) is 1. The number of nitrogens with one attached hydrogen (secondary N) is 1. The van der Waals surface area contributed by atoms with Gasteiger partial charge in [0.15, 0.2) is 0 Å². The molecule has 1 aromatic carbocycles. The summed E-state index contributed by atoms with van der Waals surface area (Å²) < 4.78 is 0. The van der Waals surface area contributed by atoms with E-state index in [-0.39, 0.29) is 0 Å². The number of anilines is 1. The minimum Gasteiger partial charge on any atom is -0.502 e. The molecule has 0 atom stereocenters. The van der Waals surface area contributed by atoms with Crippen molar-refractivity contribution in [2.75, 3.05) is 5.73 Å². The van der Waals surface area contributed by atoms with E-state index in [0.717, 1.165) is 18.2 Å². The summed E-state index contributed by atoms with van der Waals surface area (Å²) in [6, 6.07) is 3.06. The maximum Gasteiger partial charge on any atom is 0.342 e. The van der Waals surface area contributed by atoms with Crippen molar-refractivity contribution in [3.8, 4) is 16.9 Å². The van der Waals surface area contributed by atoms with E-state index in [1.54, 1.807) is 0 Å². The third-order valence-corrected chi connectivity index (χ3v) is 3.15. The average Bonchev–Trinajstić information content (AvgIpc) is 2.45. The van der Waals surface area contributed by atoms with Gasteiger partial charge >= 0.3 is 17.6 Å². The van der Waals surface area contributed by atoms with Crippen LogP contribution in [0.5, 0.6) is 5.75 Å². The smallest absolute Gasteiger partial charge is 0.342 e. The van der Waals surface area contributed by atoms with E-state index in [1.807, 2.05) is 4.98 Å². The molecule has 2 aromatic rings. The van der Waals surface area contributed by atoms with Gasteiger partial charge in [0.05, 0.1) is 4.92 Å². The maximum absolute atomic E-state index is 11.9. The fourth-order valence-corrected chi connectivity index (χ4v) is 2.20. The number of aromatic hydroxyl groups is 1. The molecule has 0 fully saturated rings. The molecule has 0 aliphatic rings. The Morgan fingerprint density at radius 3 is 2.25 bits per heavy atom. The lowest BCUT2D eigenvalue weighted by Gasteiger charge is -2.13. The van der Waals surface area contributed by atoms with Crippen LogP contribution in [0.15, 0.2) is 23.0 Å². The number of carboxylic acid groups (broad SMARTS) is 2. The van der Waals surface area contributed by atoms with Gasteiger partial charge in [-0.25, -0.2) is 9.59 Å². The maximum atomic E-state index is 11.9. The predicted molar refractivity (Wildman–Crippen MR) is 79.1 cm³/mol. The molecule has 0 amide bonds. The van der Waals surface area contributed by atoms with E-state index >= 15 is 0 Å². The molecule has 0 saturated heterocycles. The van der Waals surface area contributed by atoms with Crippen molar-refractivity contribution in [3.63, 3.8) is 0 Å². The Balaban J connectivity index is 3.06. The SMILES string of the molecule is Nc1[nH]c(=O)c(C(=O)O)c(-c2cccc([N+](=O)[O-])c2O)c1C(=O)O. The number of nitrogen functional groups attached to an aromatic ring is 1.